The Bertz CT molecular complexity index is 2000. The number of esters is 1. The van der Waals surface area contributed by atoms with E-state index in [2.05, 4.69) is 10.2 Å². The number of phenols is 3. The molecule has 5 bridgehead atoms. The number of nitrogens with zero attached hydrogens (tertiary/aromatic N) is 2. The molecule has 0 radical (unpaired) electrons. The van der Waals surface area contributed by atoms with Crippen LogP contribution in [0.5, 0.6) is 23.0 Å². The highest BCUT2D eigenvalue weighted by Crippen LogP contribution is 2.55. The number of fused-ring (bicyclic) bond motifs is 14. The van der Waals surface area contributed by atoms with Crippen LogP contribution in [0, 0.1) is 30.6 Å². The van der Waals surface area contributed by atoms with Crippen LogP contribution in [0.25, 0.3) is 10.8 Å². The summed E-state index contributed by atoms with van der Waals surface area (Å²) in [5.41, 5.74) is 0.176. The number of rotatable bonds is 4. The highest BCUT2D eigenvalue weighted by molar-refractivity contribution is 6.22. The van der Waals surface area contributed by atoms with Gasteiger partial charge in [0, 0.05) is 99.4 Å². The number of piperazine rings is 1. The SMILES string of the molecule is CO[C@@H]1/C=C/O[C@]2(C)Oc3c(C)c(O)c4c(O)c(c(CN5CCN(C)CC5)c(O)c4c3C2=O)NC(=O)/C(C)=C/C=C/[C@@H](C)[C@@H](O)[C@H](C)[C@@H](O)[C@H](C)[C@H](OC(C)=O)[C@@H]1C. The molecular weight excluding hydrogens is 750 g/mol. The number of allylic oxidation sites excluding steroid dienone is 2. The predicted octanol–water partition coefficient (Wildman–Crippen LogP) is 4.50. The quantitative estimate of drug-likeness (QED) is 0.143. The van der Waals surface area contributed by atoms with Gasteiger partial charge in [0.2, 0.25) is 0 Å². The number of nitrogens with one attached hydrogen (secondary N) is 1. The number of hydrogen-bond acceptors (Lipinski definition) is 14. The number of amides is 1. The molecule has 1 saturated heterocycles. The molecule has 0 saturated carbocycles. The van der Waals surface area contributed by atoms with Gasteiger partial charge < -0.3 is 54.7 Å². The number of ether oxygens (including phenoxy) is 4. The normalized spacial score (nSPS) is 32.6. The van der Waals surface area contributed by atoms with Crippen molar-refractivity contribution in [1.29, 1.82) is 0 Å². The first-order chi connectivity index (χ1) is 27.2. The monoisotopic (exact) mass is 809 g/mol. The summed E-state index contributed by atoms with van der Waals surface area (Å²) >= 11 is 0. The third-order valence-corrected chi connectivity index (χ3v) is 12.1. The Hall–Kier alpha value is -4.67. The highest BCUT2D eigenvalue weighted by Gasteiger charge is 2.50. The minimum Gasteiger partial charge on any atom is -0.507 e. The number of benzene rings is 2. The van der Waals surface area contributed by atoms with Crippen LogP contribution in [0.1, 0.15) is 70.0 Å². The molecule has 318 valence electrons. The summed E-state index contributed by atoms with van der Waals surface area (Å²) in [6.07, 6.45) is 3.73. The van der Waals surface area contributed by atoms with E-state index in [9.17, 15) is 39.9 Å². The molecule has 15 nitrogen and oxygen atoms in total. The predicted molar refractivity (Wildman–Crippen MR) is 217 cm³/mol. The van der Waals surface area contributed by atoms with Gasteiger partial charge in [-0.2, -0.15) is 0 Å². The number of ketones is 1. The number of aliphatic hydroxyl groups is 2. The molecule has 4 aliphatic rings. The Balaban J connectivity index is 1.70. The molecule has 15 heteroatoms. The smallest absolute Gasteiger partial charge is 0.312 e. The number of aliphatic hydroxyl groups excluding tert-OH is 2. The third kappa shape index (κ3) is 8.55. The zero-order valence-electron chi connectivity index (χ0n) is 35.0. The minimum atomic E-state index is -2.01. The zero-order chi connectivity index (χ0) is 43.0. The molecule has 1 amide bonds. The fraction of sp³-hybridized carbons (Fsp3) is 0.558. The van der Waals surface area contributed by atoms with Crippen LogP contribution in [0.15, 0.2) is 36.1 Å². The van der Waals surface area contributed by atoms with Gasteiger partial charge in [-0.05, 0) is 27.0 Å². The standard InChI is InChI=1S/C43H59N3O12/c1-21-12-11-13-22(2)42(54)44-33-28(20-46-17-15-45(9)16-18-46)37(51)30-31(38(33)52)36(50)26(6)40-32(30)41(53)43(8,58-40)56-19-14-29(55-10)23(3)39(57-27(7)47)25(5)35(49)24(4)34(21)48/h11-14,19,21,23-25,29,34-35,39,48-52H,15-18,20H2,1-10H3,(H,44,54)/b12-11+,19-14+,22-13+/t21-,23-,24+,25+,29-,34-,35-,39-,43-/m1/s1. The molecule has 0 aliphatic carbocycles. The van der Waals surface area contributed by atoms with E-state index in [1.54, 1.807) is 46.8 Å². The summed E-state index contributed by atoms with van der Waals surface area (Å²) in [6, 6.07) is 0. The lowest BCUT2D eigenvalue weighted by Gasteiger charge is -2.38. The van der Waals surface area contributed by atoms with Gasteiger partial charge in [0.05, 0.1) is 41.2 Å². The van der Waals surface area contributed by atoms with E-state index < -0.39 is 88.8 Å². The lowest BCUT2D eigenvalue weighted by molar-refractivity contribution is -0.160. The van der Waals surface area contributed by atoms with Crippen molar-refractivity contribution in [2.45, 2.75) is 92.1 Å². The Kier molecular flexibility index (Phi) is 13.5. The summed E-state index contributed by atoms with van der Waals surface area (Å²) in [7, 11) is 3.44. The first kappa shape index (κ1) is 44.4. The Morgan fingerprint density at radius 2 is 1.59 bits per heavy atom. The van der Waals surface area contributed by atoms with Gasteiger partial charge in [-0.15, -0.1) is 0 Å². The maximum absolute atomic E-state index is 14.4. The fourth-order valence-corrected chi connectivity index (χ4v) is 8.17. The van der Waals surface area contributed by atoms with Crippen molar-refractivity contribution in [3.8, 4) is 23.0 Å². The Labute approximate surface area is 339 Å². The molecule has 4 aliphatic heterocycles. The highest BCUT2D eigenvalue weighted by atomic mass is 16.7. The van der Waals surface area contributed by atoms with E-state index in [-0.39, 0.29) is 51.0 Å². The first-order valence-corrected chi connectivity index (χ1v) is 19.7. The lowest BCUT2D eigenvalue weighted by Crippen LogP contribution is -2.46. The molecule has 0 unspecified atom stereocenters. The molecule has 58 heavy (non-hydrogen) atoms. The van der Waals surface area contributed by atoms with Crippen LogP contribution < -0.4 is 10.1 Å². The van der Waals surface area contributed by atoms with Gasteiger partial charge in [-0.3, -0.25) is 19.3 Å². The molecule has 2 aromatic carbocycles. The number of likely N-dealkylation sites (N-methyl/N-ethyl adjacent to an activating group) is 1. The molecule has 0 spiro atoms. The molecule has 4 heterocycles. The molecule has 0 aromatic heterocycles. The zero-order valence-corrected chi connectivity index (χ0v) is 35.0. The lowest BCUT2D eigenvalue weighted by atomic mass is 9.78. The summed E-state index contributed by atoms with van der Waals surface area (Å²) in [4.78, 5) is 44.7. The Morgan fingerprint density at radius 1 is 0.931 bits per heavy atom. The molecule has 1 fully saturated rings. The van der Waals surface area contributed by atoms with Crippen LogP contribution in [0.4, 0.5) is 5.69 Å². The van der Waals surface area contributed by atoms with E-state index in [4.69, 9.17) is 18.9 Å². The van der Waals surface area contributed by atoms with Crippen LogP contribution in [0.3, 0.4) is 0 Å². The van der Waals surface area contributed by atoms with Crippen LogP contribution in [-0.2, 0) is 30.3 Å². The maximum atomic E-state index is 14.4. The second kappa shape index (κ2) is 17.7. The van der Waals surface area contributed by atoms with Crippen molar-refractivity contribution in [3.05, 3.63) is 52.8 Å². The van der Waals surface area contributed by atoms with E-state index in [0.717, 1.165) is 13.1 Å². The largest absolute Gasteiger partial charge is 0.507 e. The number of phenolic OH excluding ortho intramolecular Hbond substituents is 3. The number of hydrogen-bond donors (Lipinski definition) is 6. The van der Waals surface area contributed by atoms with Gasteiger partial charge in [-0.25, -0.2) is 0 Å². The third-order valence-electron chi connectivity index (χ3n) is 12.1. The van der Waals surface area contributed by atoms with Crippen molar-refractivity contribution < 1.29 is 58.9 Å². The van der Waals surface area contributed by atoms with Crippen molar-refractivity contribution >= 4 is 34.1 Å². The van der Waals surface area contributed by atoms with Crippen molar-refractivity contribution in [3.63, 3.8) is 0 Å². The molecule has 9 atom stereocenters. The van der Waals surface area contributed by atoms with E-state index >= 15 is 0 Å². The van der Waals surface area contributed by atoms with Crippen molar-refractivity contribution in [1.82, 2.24) is 9.80 Å². The second-order valence-corrected chi connectivity index (χ2v) is 16.3. The van der Waals surface area contributed by atoms with E-state index in [1.165, 1.54) is 46.3 Å². The average molecular weight is 810 g/mol. The molecule has 6 N–H and O–H groups in total. The number of aromatic hydroxyl groups is 3. The van der Waals surface area contributed by atoms with Gasteiger partial charge in [0.1, 0.15) is 23.4 Å². The van der Waals surface area contributed by atoms with E-state index in [1.807, 2.05) is 11.9 Å². The summed E-state index contributed by atoms with van der Waals surface area (Å²) in [5.74, 6) is -7.86. The number of carbonyl (C=O) groups is 3. The fourth-order valence-electron chi connectivity index (χ4n) is 8.17. The molecule has 2 aromatic rings. The van der Waals surface area contributed by atoms with Crippen molar-refractivity contribution in [2.75, 3.05) is 45.7 Å². The van der Waals surface area contributed by atoms with E-state index in [0.29, 0.717) is 13.1 Å². The summed E-state index contributed by atoms with van der Waals surface area (Å²) in [6.45, 7) is 15.4. The van der Waals surface area contributed by atoms with Gasteiger partial charge in [0.25, 0.3) is 11.7 Å². The number of methoxy groups -OCH3 is 1. The van der Waals surface area contributed by atoms with Crippen molar-refractivity contribution in [2.24, 2.45) is 23.7 Å². The summed E-state index contributed by atoms with van der Waals surface area (Å²) < 4.78 is 23.7. The van der Waals surface area contributed by atoms with Crippen LogP contribution in [-0.4, -0.2) is 124 Å². The van der Waals surface area contributed by atoms with Gasteiger partial charge in [-0.1, -0.05) is 45.9 Å². The minimum absolute atomic E-state index is 0.0565. The summed E-state index contributed by atoms with van der Waals surface area (Å²) in [5, 5.41) is 60.9. The number of carbonyl (C=O) groups excluding carboxylic acids is 3. The number of anilines is 1. The van der Waals surface area contributed by atoms with Gasteiger partial charge >= 0.3 is 11.8 Å². The topological polar surface area (TPSA) is 208 Å². The average Bonchev–Trinajstić information content (AvgIpc) is 3.45. The maximum Gasteiger partial charge on any atom is 0.312 e. The first-order valence-electron chi connectivity index (χ1n) is 19.7. The van der Waals surface area contributed by atoms with Gasteiger partial charge in [0.15, 0.2) is 5.75 Å². The Morgan fingerprint density at radius 3 is 2.21 bits per heavy atom. The second-order valence-electron chi connectivity index (χ2n) is 16.3. The number of Topliss-reactive ketones (excluding diaryl/α,β-unsaturated/α-hetero) is 1. The van der Waals surface area contributed by atoms with Crippen LogP contribution >= 0.6 is 0 Å². The molecule has 6 rings (SSSR count). The molecular formula is C43H59N3O12. The van der Waals surface area contributed by atoms with Crippen LogP contribution in [0.2, 0.25) is 0 Å².